The molecule has 8 aliphatic heterocycles. The van der Waals surface area contributed by atoms with Gasteiger partial charge in [-0.05, 0) is 153 Å². The number of carboxylic acids is 2. The van der Waals surface area contributed by atoms with E-state index in [1.54, 1.807) is 24.3 Å². The van der Waals surface area contributed by atoms with Gasteiger partial charge in [-0.1, -0.05) is 103 Å². The fraction of sp³-hybridized carbons (Fsp3) is 0.427. The molecule has 7 aromatic carbocycles. The van der Waals surface area contributed by atoms with Gasteiger partial charge in [0.05, 0.1) is 60.1 Å². The lowest BCUT2D eigenvalue weighted by atomic mass is 9.84. The molecule has 42 heteroatoms. The van der Waals surface area contributed by atoms with Crippen molar-refractivity contribution in [3.05, 3.63) is 176 Å². The Labute approximate surface area is 763 Å². The first-order valence-electron chi connectivity index (χ1n) is 41.7. The van der Waals surface area contributed by atoms with Crippen molar-refractivity contribution >= 4 is 88.1 Å². The summed E-state index contributed by atoms with van der Waals surface area (Å²) in [6, 6.07) is 13.4. The minimum atomic E-state index is -2.44. The number of carbonyl (C=O) groups is 9. The number of carbonyl (C=O) groups excluding carboxylic acids is 7. The van der Waals surface area contributed by atoms with Crippen LogP contribution in [0.2, 0.25) is 15.1 Å². The second kappa shape index (κ2) is 40.5. The average Bonchev–Trinajstić information content (AvgIpc) is 0.763. The van der Waals surface area contributed by atoms with E-state index in [2.05, 4.69) is 42.5 Å². The molecule has 39 nitrogen and oxygen atoms in total. The van der Waals surface area contributed by atoms with Crippen molar-refractivity contribution in [2.45, 2.75) is 213 Å². The van der Waals surface area contributed by atoms with E-state index < -0.39 is 303 Å². The number of aromatic hydroxyl groups is 3. The molecular formula is C89H101Cl3N10O29. The number of amides is 7. The smallest absolute Gasteiger partial charge is 0.334 e. The first-order valence-corrected chi connectivity index (χ1v) is 42.8. The molecule has 0 aromatic heterocycles. The van der Waals surface area contributed by atoms with E-state index in [1.807, 2.05) is 38.1 Å². The van der Waals surface area contributed by atoms with Crippen molar-refractivity contribution in [3.63, 3.8) is 0 Å². The Morgan fingerprint density at radius 3 is 1.83 bits per heavy atom. The number of nitrogens with two attached hydrogens (primary N) is 2. The van der Waals surface area contributed by atoms with Crippen molar-refractivity contribution in [2.75, 3.05) is 20.2 Å². The topological polar surface area (TPSA) is 608 Å². The van der Waals surface area contributed by atoms with Gasteiger partial charge in [0, 0.05) is 58.2 Å². The maximum Gasteiger partial charge on any atom is 0.334 e. The minimum Gasteiger partial charge on any atom is -0.508 e. The molecule has 23 atom stereocenters. The molecular weight excluding hydrogens is 1780 g/mol. The van der Waals surface area contributed by atoms with Crippen molar-refractivity contribution in [3.8, 4) is 68.2 Å². The Bertz CT molecular complexity index is 5470. The number of phenolic OH excluding ortho intramolecular Hbond substituents is 3. The predicted molar refractivity (Wildman–Crippen MR) is 463 cm³/mol. The first-order chi connectivity index (χ1) is 62.0. The monoisotopic (exact) mass is 1880 g/mol. The maximum atomic E-state index is 16.6. The summed E-state index contributed by atoms with van der Waals surface area (Å²) in [6.45, 7) is 7.86. The van der Waals surface area contributed by atoms with Gasteiger partial charge in [-0.25, -0.2) is 9.59 Å². The molecule has 0 aliphatic carbocycles. The Morgan fingerprint density at radius 2 is 1.23 bits per heavy atom. The molecule has 3 fully saturated rings. The van der Waals surface area contributed by atoms with E-state index >= 15 is 24.0 Å². The SMILES string of the molecule is CN[C@H](CC(C)C)C(=O)NC1C(=O)N[C@@H](CC(N)=O)C(=O)N[C@H]2C(=O)NC3C(=O)N[C@H](C(=O)N[C@@H](C(=O)O)c4cc(O)cc(O)c4-c4cc3ccc4O)[C@H](OC3CC(C)(N)C(O)C(C)O3)c3ccc(c(Cl)c3)Oc3cc2cc(c3OC2OC(CO)C(O)C(O)C2OC2CC(C)(NCC(OCc3ccc(-c4ccc(Cl)cc4)cc3)C(=O)O)C(O)C(C)O2)Oc2ccc(cc2Cl)[C@H]1O. The highest BCUT2D eigenvalue weighted by atomic mass is 35.5. The first kappa shape index (κ1) is 97.4. The van der Waals surface area contributed by atoms with Crippen LogP contribution >= 0.6 is 34.8 Å². The van der Waals surface area contributed by atoms with Gasteiger partial charge in [-0.3, -0.25) is 33.6 Å². The molecule has 16 unspecified atom stereocenters. The van der Waals surface area contributed by atoms with E-state index in [-0.39, 0.29) is 36.5 Å². The van der Waals surface area contributed by atoms with Gasteiger partial charge in [0.2, 0.25) is 53.4 Å². The van der Waals surface area contributed by atoms with Gasteiger partial charge in [0.15, 0.2) is 42.3 Å². The van der Waals surface area contributed by atoms with Gasteiger partial charge in [-0.2, -0.15) is 0 Å². The van der Waals surface area contributed by atoms with Crippen molar-refractivity contribution in [1.29, 1.82) is 0 Å². The van der Waals surface area contributed by atoms with Crippen LogP contribution in [-0.4, -0.2) is 239 Å². The summed E-state index contributed by atoms with van der Waals surface area (Å²) < 4.78 is 58.6. The van der Waals surface area contributed by atoms with Crippen LogP contribution < -0.4 is 68.2 Å². The lowest BCUT2D eigenvalue weighted by Gasteiger charge is -2.48. The predicted octanol–water partition coefficient (Wildman–Crippen LogP) is 3.97. The molecule has 0 radical (unpaired) electrons. The number of phenols is 3. The number of aliphatic hydroxyl groups excluding tert-OH is 6. The molecule has 131 heavy (non-hydrogen) atoms. The van der Waals surface area contributed by atoms with Crippen molar-refractivity contribution in [1.82, 2.24) is 42.5 Å². The number of benzene rings is 7. The van der Waals surface area contributed by atoms with Crippen LogP contribution in [0, 0.1) is 5.92 Å². The van der Waals surface area contributed by atoms with Crippen LogP contribution in [0.1, 0.15) is 131 Å². The van der Waals surface area contributed by atoms with Crippen LogP contribution in [0.3, 0.4) is 0 Å². The molecule has 3 saturated heterocycles. The largest absolute Gasteiger partial charge is 0.508 e. The van der Waals surface area contributed by atoms with E-state index in [0.29, 0.717) is 10.6 Å². The van der Waals surface area contributed by atoms with E-state index in [9.17, 15) is 75.3 Å². The van der Waals surface area contributed by atoms with Crippen LogP contribution in [0.5, 0.6) is 46.0 Å². The average molecular weight is 1880 g/mol. The van der Waals surface area contributed by atoms with E-state index in [1.165, 1.54) is 52.9 Å². The molecule has 0 spiro atoms. The zero-order valence-corrected chi connectivity index (χ0v) is 73.6. The number of rotatable bonds is 23. The van der Waals surface area contributed by atoms with Gasteiger partial charge >= 0.3 is 11.9 Å². The number of likely N-dealkylation sites (N-methyl/N-ethyl adjacent to an activating group) is 1. The summed E-state index contributed by atoms with van der Waals surface area (Å²) in [4.78, 5) is 134. The lowest BCUT2D eigenvalue weighted by Crippen LogP contribution is -2.66. The third-order valence-corrected chi connectivity index (χ3v) is 24.5. The standard InChI is InChI=1S/C89H101Cl3N10O29/c1-36(2)22-52(95-7)79(113)101-69-71(108)43-15-20-56(50(91)24-43)126-58-26-45-27-59(75(58)131-87-76(73(110)72(109)61(34-103)128-87)130-64-32-89(6,78(112)38(4)125-64)96-33-60(85(119)120)123-35-39-8-10-40(11-9-39)41-12-17-46(90)18-13-41)127-57-21-16-44(25-51(57)92)74(129-63-31-88(5,94)77(111)37(3)124-63)70-84(118)100-68(86(121)122)49-28-47(104)29-55(106)65(49)48-23-42(14-19-54(48)105)66(81(115)102-70)99-82(116)67(45)98-80(114)53(30-62(93)107)97-83(69)117/h8-21,23-29,36-38,52-53,60-61,63-64,66-74,76-78,87,95-96,103-106,108-112H,22,30-35,94H2,1-7H3,(H2,93,107)(H,97,117)(H,98,114)(H,99,116)(H,100,118)(H,101,113)(H,102,115)(H,119,120)(H,121,122)/t37?,38?,52-,53+,60?,61?,63?,64?,66?,67-,68-,69?,70+,71-,72?,73?,74-,76?,77?,78?,87?,88?,89?/m1/s1. The third-order valence-electron chi connectivity index (χ3n) is 23.6. The number of aliphatic hydroxyl groups is 6. The summed E-state index contributed by atoms with van der Waals surface area (Å²) in [5, 5.41) is 148. The molecule has 702 valence electrons. The molecule has 7 aromatic rings. The van der Waals surface area contributed by atoms with Gasteiger partial charge in [-0.15, -0.1) is 0 Å². The molecule has 15 rings (SSSR count). The van der Waals surface area contributed by atoms with Gasteiger partial charge < -0.3 is 153 Å². The molecule has 8 aliphatic rings. The summed E-state index contributed by atoms with van der Waals surface area (Å²) in [5.74, 6) is -18.0. The minimum absolute atomic E-state index is 0.137. The Morgan fingerprint density at radius 1 is 0.634 bits per heavy atom. The number of ether oxygens (including phenoxy) is 9. The Hall–Kier alpha value is -11.2. The van der Waals surface area contributed by atoms with E-state index in [4.69, 9.17) is 88.9 Å². The number of hydrogen-bond donors (Lipinski definition) is 21. The summed E-state index contributed by atoms with van der Waals surface area (Å²) in [5.41, 5.74) is 8.81. The summed E-state index contributed by atoms with van der Waals surface area (Å²) >= 11 is 20.8. The number of aliphatic carboxylic acids is 2. The molecule has 7 amide bonds. The third kappa shape index (κ3) is 21.8. The highest BCUT2D eigenvalue weighted by molar-refractivity contribution is 6.32. The number of hydrogen-bond acceptors (Lipinski definition) is 30. The second-order valence-electron chi connectivity index (χ2n) is 33.9. The molecule has 0 saturated carbocycles. The van der Waals surface area contributed by atoms with Crippen molar-refractivity contribution in [2.24, 2.45) is 17.4 Å². The number of primary amides is 1. The normalized spacial score (nSPS) is 29.1. The highest BCUT2D eigenvalue weighted by Gasteiger charge is 2.54. The fourth-order valence-electron chi connectivity index (χ4n) is 16.6. The number of halogens is 3. The van der Waals surface area contributed by atoms with Crippen LogP contribution in [0.15, 0.2) is 127 Å². The zero-order chi connectivity index (χ0) is 94.8. The number of carboxylic acid groups (broad SMARTS) is 2. The quantitative estimate of drug-likeness (QED) is 0.0431. The highest BCUT2D eigenvalue weighted by Crippen LogP contribution is 2.51. The molecule has 11 bridgehead atoms. The van der Waals surface area contributed by atoms with Crippen LogP contribution in [0.4, 0.5) is 0 Å². The lowest BCUT2D eigenvalue weighted by molar-refractivity contribution is -0.334. The van der Waals surface area contributed by atoms with Gasteiger partial charge in [0.1, 0.15) is 89.5 Å². The second-order valence-corrected chi connectivity index (χ2v) is 35.1. The Kier molecular flexibility index (Phi) is 30.1. The molecule has 23 N–H and O–H groups in total. The van der Waals surface area contributed by atoms with Crippen molar-refractivity contribution < 1.29 is 142 Å². The van der Waals surface area contributed by atoms with Crippen LogP contribution in [0.25, 0.3) is 22.3 Å². The van der Waals surface area contributed by atoms with Gasteiger partial charge in [0.25, 0.3) is 0 Å². The zero-order valence-electron chi connectivity index (χ0n) is 71.3. The number of fused-ring (bicyclic) bond motifs is 15. The molecule has 8 heterocycles. The number of nitrogens with one attached hydrogen (secondary N) is 8. The summed E-state index contributed by atoms with van der Waals surface area (Å²) in [7, 11) is 1.46. The maximum absolute atomic E-state index is 16.6. The fourth-order valence-corrected chi connectivity index (χ4v) is 17.2. The Balaban J connectivity index is 0.987. The van der Waals surface area contributed by atoms with E-state index in [0.717, 1.165) is 71.8 Å². The summed E-state index contributed by atoms with van der Waals surface area (Å²) in [6.07, 6.45) is -25.9. The van der Waals surface area contributed by atoms with Crippen LogP contribution in [-0.2, 0) is 78.2 Å².